The van der Waals surface area contributed by atoms with Gasteiger partial charge < -0.3 is 13.9 Å². The van der Waals surface area contributed by atoms with Crippen molar-refractivity contribution in [1.29, 1.82) is 0 Å². The number of benzene rings is 1. The van der Waals surface area contributed by atoms with E-state index in [1.807, 2.05) is 72.6 Å². The third-order valence-electron chi connectivity index (χ3n) is 3.79. The van der Waals surface area contributed by atoms with Gasteiger partial charge in [0.15, 0.2) is 0 Å². The van der Waals surface area contributed by atoms with Crippen molar-refractivity contribution in [1.82, 2.24) is 9.13 Å². The maximum Gasteiger partial charge on any atom is 0.355 e. The quantitative estimate of drug-likeness (QED) is 0.671. The van der Waals surface area contributed by atoms with E-state index in [0.29, 0.717) is 17.3 Å². The number of aromatic nitrogens is 2. The maximum atomic E-state index is 12.4. The van der Waals surface area contributed by atoms with Crippen molar-refractivity contribution < 1.29 is 9.53 Å². The fourth-order valence-electron chi connectivity index (χ4n) is 2.68. The lowest BCUT2D eigenvalue weighted by Gasteiger charge is -2.12. The molecule has 0 saturated heterocycles. The van der Waals surface area contributed by atoms with Crippen molar-refractivity contribution in [2.24, 2.45) is 7.05 Å². The van der Waals surface area contributed by atoms with E-state index in [1.54, 1.807) is 0 Å². The van der Waals surface area contributed by atoms with Crippen LogP contribution in [0, 0.1) is 0 Å². The van der Waals surface area contributed by atoms with Gasteiger partial charge in [0.25, 0.3) is 0 Å². The molecule has 0 atom stereocenters. The molecule has 0 radical (unpaired) electrons. The van der Waals surface area contributed by atoms with Gasteiger partial charge in [-0.15, -0.1) is 0 Å². The lowest BCUT2D eigenvalue weighted by atomic mass is 10.2. The van der Waals surface area contributed by atoms with Crippen LogP contribution in [0.1, 0.15) is 29.9 Å². The normalized spacial score (nSPS) is 11.3. The Kier molecular flexibility index (Phi) is 4.18. The van der Waals surface area contributed by atoms with Crippen molar-refractivity contribution in [2.75, 3.05) is 0 Å². The summed E-state index contributed by atoms with van der Waals surface area (Å²) in [7, 11) is 1.96. The minimum atomic E-state index is -0.316. The van der Waals surface area contributed by atoms with E-state index in [1.165, 1.54) is 0 Å². The zero-order chi connectivity index (χ0) is 16.6. The molecule has 0 aliphatic carbocycles. The first-order valence-electron chi connectivity index (χ1n) is 7.56. The van der Waals surface area contributed by atoms with E-state index in [0.717, 1.165) is 16.6 Å². The van der Waals surface area contributed by atoms with E-state index >= 15 is 0 Å². The fourth-order valence-corrected chi connectivity index (χ4v) is 2.88. The summed E-state index contributed by atoms with van der Waals surface area (Å²) in [6.07, 6.45) is 1.82. The summed E-state index contributed by atoms with van der Waals surface area (Å²) in [5.41, 5.74) is 3.49. The van der Waals surface area contributed by atoms with Gasteiger partial charge >= 0.3 is 5.97 Å². The van der Waals surface area contributed by atoms with Gasteiger partial charge in [-0.2, -0.15) is 0 Å². The Morgan fingerprint density at radius 2 is 1.96 bits per heavy atom. The first kappa shape index (κ1) is 15.7. The fraction of sp³-hybridized carbons (Fsp3) is 0.278. The number of hydrogen-bond acceptors (Lipinski definition) is 2. The maximum absolute atomic E-state index is 12.4. The number of carbonyl (C=O) groups excluding carboxylic acids is 1. The Hall–Kier alpha value is -2.20. The number of halogens is 1. The summed E-state index contributed by atoms with van der Waals surface area (Å²) in [5, 5.41) is 0.688. The van der Waals surface area contributed by atoms with E-state index in [4.69, 9.17) is 16.3 Å². The Balaban J connectivity index is 2.09. The van der Waals surface area contributed by atoms with Crippen LogP contribution in [-0.2, 0) is 18.3 Å². The van der Waals surface area contributed by atoms with Crippen LogP contribution >= 0.6 is 11.6 Å². The molecular formula is C18H19ClN2O2. The molecule has 0 bridgehead atoms. The Bertz CT molecular complexity index is 861. The second-order valence-corrected chi connectivity index (χ2v) is 6.27. The van der Waals surface area contributed by atoms with Crippen LogP contribution in [0.3, 0.4) is 0 Å². The predicted octanol–water partition coefficient (Wildman–Crippen LogP) is 4.25. The number of rotatable bonds is 4. The summed E-state index contributed by atoms with van der Waals surface area (Å²) in [6.45, 7) is 4.22. The molecule has 0 saturated carbocycles. The molecule has 2 heterocycles. The van der Waals surface area contributed by atoms with Gasteiger partial charge in [-0.1, -0.05) is 29.8 Å². The summed E-state index contributed by atoms with van der Waals surface area (Å²) in [5.74, 6) is -0.316. The highest BCUT2D eigenvalue weighted by Crippen LogP contribution is 2.25. The lowest BCUT2D eigenvalue weighted by Crippen LogP contribution is -2.16. The van der Waals surface area contributed by atoms with Gasteiger partial charge in [-0.3, -0.25) is 0 Å². The number of carbonyl (C=O) groups is 1. The summed E-state index contributed by atoms with van der Waals surface area (Å²) < 4.78 is 9.33. The van der Waals surface area contributed by atoms with Crippen LogP contribution in [0.4, 0.5) is 0 Å². The molecule has 23 heavy (non-hydrogen) atoms. The zero-order valence-electron chi connectivity index (χ0n) is 13.4. The SMILES string of the molecule is CC(C)OC(=O)c1cc2c(ccn2C)n1Cc1ccccc1Cl. The smallest absolute Gasteiger partial charge is 0.355 e. The van der Waals surface area contributed by atoms with Crippen molar-refractivity contribution in [3.8, 4) is 0 Å². The minimum Gasteiger partial charge on any atom is -0.458 e. The minimum absolute atomic E-state index is 0.158. The van der Waals surface area contributed by atoms with E-state index in [9.17, 15) is 4.79 Å². The molecule has 3 aromatic rings. The molecule has 3 rings (SSSR count). The number of hydrogen-bond donors (Lipinski definition) is 0. The summed E-state index contributed by atoms with van der Waals surface area (Å²) in [6, 6.07) is 11.5. The van der Waals surface area contributed by atoms with Crippen molar-refractivity contribution in [3.05, 3.63) is 58.9 Å². The number of aryl methyl sites for hydroxylation is 1. The highest BCUT2D eigenvalue weighted by atomic mass is 35.5. The van der Waals surface area contributed by atoms with Crippen LogP contribution in [0.2, 0.25) is 5.02 Å². The summed E-state index contributed by atoms with van der Waals surface area (Å²) >= 11 is 6.28. The highest BCUT2D eigenvalue weighted by molar-refractivity contribution is 6.31. The molecule has 1 aromatic carbocycles. The van der Waals surface area contributed by atoms with Crippen LogP contribution < -0.4 is 0 Å². The predicted molar refractivity (Wildman–Crippen MR) is 92.0 cm³/mol. The van der Waals surface area contributed by atoms with Gasteiger partial charge in [0.1, 0.15) is 5.69 Å². The van der Waals surface area contributed by atoms with Gasteiger partial charge in [0.05, 0.1) is 17.1 Å². The molecule has 0 amide bonds. The number of esters is 1. The highest BCUT2D eigenvalue weighted by Gasteiger charge is 2.20. The Morgan fingerprint density at radius 1 is 1.22 bits per heavy atom. The Labute approximate surface area is 140 Å². The van der Waals surface area contributed by atoms with E-state index in [2.05, 4.69) is 0 Å². The molecule has 0 aliphatic rings. The molecular weight excluding hydrogens is 312 g/mol. The third kappa shape index (κ3) is 2.99. The Morgan fingerprint density at radius 3 is 2.65 bits per heavy atom. The number of nitrogens with zero attached hydrogens (tertiary/aromatic N) is 2. The monoisotopic (exact) mass is 330 g/mol. The van der Waals surface area contributed by atoms with Gasteiger partial charge in [0.2, 0.25) is 0 Å². The van der Waals surface area contributed by atoms with Crippen molar-refractivity contribution >= 4 is 28.6 Å². The molecule has 0 aliphatic heterocycles. The lowest BCUT2D eigenvalue weighted by molar-refractivity contribution is 0.0366. The molecule has 5 heteroatoms. The van der Waals surface area contributed by atoms with Crippen LogP contribution in [0.15, 0.2) is 42.6 Å². The first-order valence-corrected chi connectivity index (χ1v) is 7.94. The second kappa shape index (κ2) is 6.13. The number of fused-ring (bicyclic) bond motifs is 1. The third-order valence-corrected chi connectivity index (χ3v) is 4.16. The summed E-state index contributed by atoms with van der Waals surface area (Å²) in [4.78, 5) is 12.4. The largest absolute Gasteiger partial charge is 0.458 e. The molecule has 0 N–H and O–H groups in total. The molecule has 2 aromatic heterocycles. The van der Waals surface area contributed by atoms with Crippen LogP contribution in [-0.4, -0.2) is 21.2 Å². The topological polar surface area (TPSA) is 36.2 Å². The second-order valence-electron chi connectivity index (χ2n) is 5.86. The van der Waals surface area contributed by atoms with E-state index in [-0.39, 0.29) is 12.1 Å². The zero-order valence-corrected chi connectivity index (χ0v) is 14.2. The van der Waals surface area contributed by atoms with Crippen molar-refractivity contribution in [2.45, 2.75) is 26.5 Å². The van der Waals surface area contributed by atoms with Gasteiger partial charge in [-0.25, -0.2) is 4.79 Å². The molecule has 0 unspecified atom stereocenters. The average Bonchev–Trinajstić information content (AvgIpc) is 3.02. The molecule has 0 spiro atoms. The average molecular weight is 331 g/mol. The van der Waals surface area contributed by atoms with Gasteiger partial charge in [-0.05, 0) is 37.6 Å². The first-order chi connectivity index (χ1) is 11.0. The molecule has 4 nitrogen and oxygen atoms in total. The standard InChI is InChI=1S/C18H19ClN2O2/c1-12(2)23-18(22)17-10-16-15(8-9-20(16)3)21(17)11-13-6-4-5-7-14(13)19/h4-10,12H,11H2,1-3H3. The van der Waals surface area contributed by atoms with Crippen LogP contribution in [0.25, 0.3) is 11.0 Å². The van der Waals surface area contributed by atoms with Crippen LogP contribution in [0.5, 0.6) is 0 Å². The molecule has 120 valence electrons. The molecule has 0 fully saturated rings. The van der Waals surface area contributed by atoms with E-state index < -0.39 is 0 Å². The number of ether oxygens (including phenoxy) is 1. The van der Waals surface area contributed by atoms with Gasteiger partial charge in [0, 0.05) is 24.8 Å². The van der Waals surface area contributed by atoms with Crippen molar-refractivity contribution in [3.63, 3.8) is 0 Å².